The third kappa shape index (κ3) is 3.08. The van der Waals surface area contributed by atoms with Gasteiger partial charge in [-0.05, 0) is 31.6 Å². The van der Waals surface area contributed by atoms with Crippen LogP contribution in [0.5, 0.6) is 0 Å². The van der Waals surface area contributed by atoms with Crippen molar-refractivity contribution >= 4 is 23.6 Å². The summed E-state index contributed by atoms with van der Waals surface area (Å²) in [6.07, 6.45) is 1.63. The standard InChI is InChI=1S/C18H14N2O4/c1-11-4-3-5-13(8-11)9-15-18(21)24-17(19-15)14-7-6-12(2)16(10-14)20(22)23/h3-10H,1-2H3/b15-9-. The van der Waals surface area contributed by atoms with Crippen LogP contribution in [-0.4, -0.2) is 16.8 Å². The lowest BCUT2D eigenvalue weighted by Gasteiger charge is -2.01. The summed E-state index contributed by atoms with van der Waals surface area (Å²) >= 11 is 0. The van der Waals surface area contributed by atoms with Crippen molar-refractivity contribution in [3.63, 3.8) is 0 Å². The van der Waals surface area contributed by atoms with Crippen molar-refractivity contribution in [3.8, 4) is 0 Å². The van der Waals surface area contributed by atoms with Crippen molar-refractivity contribution in [2.75, 3.05) is 0 Å². The Morgan fingerprint density at radius 2 is 1.96 bits per heavy atom. The predicted octanol–water partition coefficient (Wildman–Crippen LogP) is 3.56. The minimum absolute atomic E-state index is 0.0395. The van der Waals surface area contributed by atoms with E-state index in [1.807, 2.05) is 31.2 Å². The fraction of sp³-hybridized carbons (Fsp3) is 0.111. The molecular weight excluding hydrogens is 308 g/mol. The third-order valence-electron chi connectivity index (χ3n) is 3.62. The number of ether oxygens (including phenoxy) is 1. The molecule has 0 N–H and O–H groups in total. The van der Waals surface area contributed by atoms with Gasteiger partial charge in [-0.3, -0.25) is 10.1 Å². The molecule has 0 spiro atoms. The van der Waals surface area contributed by atoms with Crippen molar-refractivity contribution in [2.24, 2.45) is 4.99 Å². The summed E-state index contributed by atoms with van der Waals surface area (Å²) < 4.78 is 5.16. The van der Waals surface area contributed by atoms with Crippen molar-refractivity contribution in [3.05, 3.63) is 80.5 Å². The van der Waals surface area contributed by atoms with Gasteiger partial charge < -0.3 is 4.74 Å². The van der Waals surface area contributed by atoms with E-state index in [0.717, 1.165) is 11.1 Å². The number of hydrogen-bond acceptors (Lipinski definition) is 5. The number of hydrogen-bond donors (Lipinski definition) is 0. The molecule has 0 fully saturated rings. The highest BCUT2D eigenvalue weighted by Gasteiger charge is 2.25. The first-order valence-corrected chi connectivity index (χ1v) is 7.29. The van der Waals surface area contributed by atoms with Gasteiger partial charge >= 0.3 is 5.97 Å². The van der Waals surface area contributed by atoms with Gasteiger partial charge in [0.25, 0.3) is 5.69 Å². The van der Waals surface area contributed by atoms with Crippen LogP contribution in [0.25, 0.3) is 6.08 Å². The SMILES string of the molecule is Cc1cccc(/C=C2\N=C(c3ccc(C)c([N+](=O)[O-])c3)OC2=O)c1. The molecule has 1 aliphatic rings. The lowest BCUT2D eigenvalue weighted by molar-refractivity contribution is -0.385. The van der Waals surface area contributed by atoms with Crippen molar-refractivity contribution in [2.45, 2.75) is 13.8 Å². The Labute approximate surface area is 138 Å². The highest BCUT2D eigenvalue weighted by atomic mass is 16.6. The second kappa shape index (κ2) is 6.08. The smallest absolute Gasteiger partial charge is 0.363 e. The number of carbonyl (C=O) groups excluding carboxylic acids is 1. The molecule has 6 nitrogen and oxygen atoms in total. The van der Waals surface area contributed by atoms with Gasteiger partial charge in [-0.15, -0.1) is 0 Å². The largest absolute Gasteiger partial charge is 0.402 e. The van der Waals surface area contributed by atoms with Gasteiger partial charge in [-0.25, -0.2) is 9.79 Å². The average Bonchev–Trinajstić information content (AvgIpc) is 2.88. The minimum atomic E-state index is -0.574. The molecule has 6 heteroatoms. The van der Waals surface area contributed by atoms with E-state index in [4.69, 9.17) is 4.74 Å². The maximum atomic E-state index is 12.0. The fourth-order valence-corrected chi connectivity index (χ4v) is 2.39. The van der Waals surface area contributed by atoms with E-state index in [2.05, 4.69) is 4.99 Å². The molecule has 2 aromatic carbocycles. The summed E-state index contributed by atoms with van der Waals surface area (Å²) in [6, 6.07) is 12.2. The molecular formula is C18H14N2O4. The van der Waals surface area contributed by atoms with Crippen LogP contribution in [0.4, 0.5) is 5.69 Å². The monoisotopic (exact) mass is 322 g/mol. The first kappa shape index (κ1) is 15.6. The first-order valence-electron chi connectivity index (χ1n) is 7.29. The molecule has 0 aromatic heterocycles. The van der Waals surface area contributed by atoms with Gasteiger partial charge in [0.15, 0.2) is 5.70 Å². The zero-order valence-corrected chi connectivity index (χ0v) is 13.1. The Hall–Kier alpha value is -3.28. The number of nitro benzene ring substituents is 1. The summed E-state index contributed by atoms with van der Waals surface area (Å²) in [7, 11) is 0. The summed E-state index contributed by atoms with van der Waals surface area (Å²) in [4.78, 5) is 26.7. The molecule has 0 aliphatic carbocycles. The van der Waals surface area contributed by atoms with Crippen LogP contribution in [0.1, 0.15) is 22.3 Å². The summed E-state index contributed by atoms with van der Waals surface area (Å²) in [5.41, 5.74) is 2.95. The van der Waals surface area contributed by atoms with Gasteiger partial charge in [-0.1, -0.05) is 35.9 Å². The Morgan fingerprint density at radius 3 is 2.67 bits per heavy atom. The molecule has 0 saturated heterocycles. The first-order chi connectivity index (χ1) is 11.4. The average molecular weight is 322 g/mol. The molecule has 0 bridgehead atoms. The van der Waals surface area contributed by atoms with Crippen LogP contribution in [0.3, 0.4) is 0 Å². The quantitative estimate of drug-likeness (QED) is 0.374. The highest BCUT2D eigenvalue weighted by molar-refractivity contribution is 6.13. The van der Waals surface area contributed by atoms with Crippen molar-refractivity contribution < 1.29 is 14.5 Å². The molecule has 3 rings (SSSR count). The molecule has 0 radical (unpaired) electrons. The molecule has 24 heavy (non-hydrogen) atoms. The van der Waals surface area contributed by atoms with Gasteiger partial charge in [0.1, 0.15) is 0 Å². The number of nitro groups is 1. The van der Waals surface area contributed by atoms with Crippen LogP contribution in [0, 0.1) is 24.0 Å². The normalized spacial score (nSPS) is 15.3. The van der Waals surface area contributed by atoms with Crippen LogP contribution in [0.15, 0.2) is 53.2 Å². The number of aliphatic imine (C=N–C) groups is 1. The van der Waals surface area contributed by atoms with Crippen LogP contribution < -0.4 is 0 Å². The summed E-state index contributed by atoms with van der Waals surface area (Å²) in [5.74, 6) is -0.503. The molecule has 0 atom stereocenters. The Morgan fingerprint density at radius 1 is 1.17 bits per heavy atom. The van der Waals surface area contributed by atoms with E-state index in [0.29, 0.717) is 11.1 Å². The third-order valence-corrected chi connectivity index (χ3v) is 3.62. The fourth-order valence-electron chi connectivity index (χ4n) is 2.39. The molecule has 1 heterocycles. The molecule has 0 unspecified atom stereocenters. The number of rotatable bonds is 3. The summed E-state index contributed by atoms with van der Waals surface area (Å²) in [6.45, 7) is 3.60. The Balaban J connectivity index is 1.98. The number of esters is 1. The molecule has 2 aromatic rings. The zero-order chi connectivity index (χ0) is 17.3. The lowest BCUT2D eigenvalue weighted by Crippen LogP contribution is -2.06. The van der Waals surface area contributed by atoms with Crippen molar-refractivity contribution in [1.82, 2.24) is 0 Å². The minimum Gasteiger partial charge on any atom is -0.402 e. The number of aryl methyl sites for hydroxylation is 2. The number of nitrogens with zero attached hydrogens (tertiary/aromatic N) is 2. The second-order valence-electron chi connectivity index (χ2n) is 5.51. The molecule has 120 valence electrons. The maximum absolute atomic E-state index is 12.0. The van der Waals surface area contributed by atoms with Gasteiger partial charge in [0, 0.05) is 17.2 Å². The summed E-state index contributed by atoms with van der Waals surface area (Å²) in [5, 5.41) is 11.0. The Bertz CT molecular complexity index is 913. The van der Waals surface area contributed by atoms with E-state index in [-0.39, 0.29) is 17.3 Å². The van der Waals surface area contributed by atoms with Crippen LogP contribution in [-0.2, 0) is 9.53 Å². The number of benzene rings is 2. The maximum Gasteiger partial charge on any atom is 0.363 e. The number of carbonyl (C=O) groups is 1. The van der Waals surface area contributed by atoms with Gasteiger partial charge in [0.2, 0.25) is 5.90 Å². The van der Waals surface area contributed by atoms with E-state index < -0.39 is 10.9 Å². The molecule has 0 amide bonds. The highest BCUT2D eigenvalue weighted by Crippen LogP contribution is 2.24. The van der Waals surface area contributed by atoms with Crippen LogP contribution in [0.2, 0.25) is 0 Å². The number of cyclic esters (lactones) is 1. The second-order valence-corrected chi connectivity index (χ2v) is 5.51. The topological polar surface area (TPSA) is 81.8 Å². The van der Waals surface area contributed by atoms with E-state index in [1.165, 1.54) is 6.07 Å². The Kier molecular flexibility index (Phi) is 3.95. The van der Waals surface area contributed by atoms with Gasteiger partial charge in [-0.2, -0.15) is 0 Å². The van der Waals surface area contributed by atoms with Crippen LogP contribution >= 0.6 is 0 Å². The van der Waals surface area contributed by atoms with E-state index in [1.54, 1.807) is 25.1 Å². The van der Waals surface area contributed by atoms with Gasteiger partial charge in [0.05, 0.1) is 4.92 Å². The predicted molar refractivity (Wildman–Crippen MR) is 89.6 cm³/mol. The van der Waals surface area contributed by atoms with E-state index in [9.17, 15) is 14.9 Å². The zero-order valence-electron chi connectivity index (χ0n) is 13.1. The molecule has 0 saturated carbocycles. The molecule has 1 aliphatic heterocycles. The van der Waals surface area contributed by atoms with Crippen molar-refractivity contribution in [1.29, 1.82) is 0 Å². The lowest BCUT2D eigenvalue weighted by atomic mass is 10.1. The van der Waals surface area contributed by atoms with E-state index >= 15 is 0 Å².